The third-order valence-corrected chi connectivity index (χ3v) is 7.70. The predicted octanol–water partition coefficient (Wildman–Crippen LogP) is 6.27. The number of nitrogens with zero attached hydrogens (tertiary/aromatic N) is 4. The molecule has 3 aromatic rings. The molecular formula is C30H33ClN8. The molecule has 0 saturated heterocycles. The largest absolute Gasteiger partial charge is 0.383 e. The number of halogens is 1. The first-order valence-corrected chi connectivity index (χ1v) is 13.5. The summed E-state index contributed by atoms with van der Waals surface area (Å²) < 4.78 is 0. The minimum Gasteiger partial charge on any atom is -0.383 e. The first kappa shape index (κ1) is 26.6. The third-order valence-electron chi connectivity index (χ3n) is 7.41. The van der Waals surface area contributed by atoms with E-state index in [2.05, 4.69) is 77.6 Å². The van der Waals surface area contributed by atoms with Crippen molar-refractivity contribution in [1.29, 1.82) is 10.5 Å². The lowest BCUT2D eigenvalue weighted by Gasteiger charge is -2.24. The number of hydrogen-bond acceptors (Lipinski definition) is 8. The molecule has 2 aromatic carbocycles. The van der Waals surface area contributed by atoms with Gasteiger partial charge >= 0.3 is 0 Å². The second-order valence-electron chi connectivity index (χ2n) is 11.8. The minimum atomic E-state index is -0.301. The Kier molecular flexibility index (Phi) is 6.80. The van der Waals surface area contributed by atoms with Gasteiger partial charge in [0, 0.05) is 30.0 Å². The molecular weight excluding hydrogens is 508 g/mol. The quantitative estimate of drug-likeness (QED) is 0.277. The summed E-state index contributed by atoms with van der Waals surface area (Å²) in [5.74, 6) is 0. The van der Waals surface area contributed by atoms with Gasteiger partial charge in [-0.1, -0.05) is 44.5 Å². The molecule has 1 fully saturated rings. The van der Waals surface area contributed by atoms with Crippen LogP contribution in [0.15, 0.2) is 48.4 Å². The van der Waals surface area contributed by atoms with Gasteiger partial charge in [0.15, 0.2) is 0 Å². The summed E-state index contributed by atoms with van der Waals surface area (Å²) in [7, 11) is 0. The Hall–Kier alpha value is -3.98. The van der Waals surface area contributed by atoms with E-state index in [0.717, 1.165) is 46.4 Å². The van der Waals surface area contributed by atoms with E-state index in [9.17, 15) is 10.5 Å². The second kappa shape index (κ2) is 9.96. The van der Waals surface area contributed by atoms with E-state index in [0.29, 0.717) is 28.2 Å². The fraction of sp³-hybridized carbons (Fsp3) is 0.367. The van der Waals surface area contributed by atoms with E-state index in [-0.39, 0.29) is 17.0 Å². The Morgan fingerprint density at radius 3 is 2.59 bits per heavy atom. The number of aromatic nitrogens is 1. The average molecular weight is 541 g/mol. The zero-order chi connectivity index (χ0) is 27.9. The molecule has 1 saturated carbocycles. The highest BCUT2D eigenvalue weighted by Gasteiger charge is 2.44. The average Bonchev–Trinajstić information content (AvgIpc) is 3.44. The normalized spacial score (nSPS) is 16.6. The SMILES string of the molecule is Cc1c(C#N)cccc1[C@H](Nc1cc(Cl)c2ncc(C#N)c(NCC(C)(C)C)c2c1)C1=CN(C2(C)CC2)NN1. The van der Waals surface area contributed by atoms with Crippen LogP contribution in [0.1, 0.15) is 68.8 Å². The summed E-state index contributed by atoms with van der Waals surface area (Å²) >= 11 is 6.77. The van der Waals surface area contributed by atoms with Gasteiger partial charge in [0.05, 0.1) is 50.7 Å². The van der Waals surface area contributed by atoms with Gasteiger partial charge in [-0.05, 0) is 61.4 Å². The summed E-state index contributed by atoms with van der Waals surface area (Å²) in [6, 6.07) is 13.9. The van der Waals surface area contributed by atoms with Crippen molar-refractivity contribution < 1.29 is 0 Å². The number of nitriles is 2. The van der Waals surface area contributed by atoms with Crippen molar-refractivity contribution in [3.8, 4) is 12.1 Å². The Balaban J connectivity index is 1.60. The van der Waals surface area contributed by atoms with Crippen molar-refractivity contribution in [2.24, 2.45) is 5.41 Å². The van der Waals surface area contributed by atoms with Crippen LogP contribution in [-0.4, -0.2) is 22.1 Å². The number of pyridine rings is 1. The monoisotopic (exact) mass is 540 g/mol. The molecule has 1 aliphatic heterocycles. The lowest BCUT2D eigenvalue weighted by Crippen LogP contribution is -2.43. The van der Waals surface area contributed by atoms with E-state index < -0.39 is 0 Å². The maximum Gasteiger partial charge on any atom is 0.103 e. The number of fused-ring (bicyclic) bond motifs is 1. The molecule has 0 radical (unpaired) electrons. The number of nitrogens with one attached hydrogen (secondary N) is 4. The van der Waals surface area contributed by atoms with Crippen LogP contribution in [0.2, 0.25) is 5.02 Å². The first-order chi connectivity index (χ1) is 18.5. The minimum absolute atomic E-state index is 0.00798. The molecule has 8 nitrogen and oxygen atoms in total. The van der Waals surface area contributed by atoms with Crippen LogP contribution in [-0.2, 0) is 0 Å². The van der Waals surface area contributed by atoms with Crippen molar-refractivity contribution >= 4 is 33.9 Å². The maximum atomic E-state index is 9.83. The van der Waals surface area contributed by atoms with Crippen LogP contribution in [0.4, 0.5) is 11.4 Å². The summed E-state index contributed by atoms with van der Waals surface area (Å²) in [6.07, 6.45) is 5.89. The van der Waals surface area contributed by atoms with Crippen molar-refractivity contribution in [2.45, 2.75) is 59.0 Å². The molecule has 9 heteroatoms. The van der Waals surface area contributed by atoms with Gasteiger partial charge < -0.3 is 16.1 Å². The number of hydrazine groups is 2. The maximum absolute atomic E-state index is 9.83. The molecule has 200 valence electrons. The van der Waals surface area contributed by atoms with E-state index >= 15 is 0 Å². The van der Waals surface area contributed by atoms with Crippen molar-refractivity contribution in [3.63, 3.8) is 0 Å². The van der Waals surface area contributed by atoms with Crippen molar-refractivity contribution in [3.05, 3.63) is 75.7 Å². The van der Waals surface area contributed by atoms with Gasteiger partial charge in [-0.25, -0.2) is 0 Å². The van der Waals surface area contributed by atoms with Crippen LogP contribution in [0, 0.1) is 35.0 Å². The molecule has 0 spiro atoms. The molecule has 1 atom stereocenters. The number of benzene rings is 2. The van der Waals surface area contributed by atoms with Gasteiger partial charge in [0.2, 0.25) is 0 Å². The van der Waals surface area contributed by atoms with Crippen molar-refractivity contribution in [1.82, 2.24) is 21.0 Å². The Morgan fingerprint density at radius 1 is 1.18 bits per heavy atom. The number of hydrogen-bond donors (Lipinski definition) is 4. The van der Waals surface area contributed by atoms with E-state index in [1.54, 1.807) is 6.20 Å². The van der Waals surface area contributed by atoms with Crippen LogP contribution in [0.3, 0.4) is 0 Å². The number of rotatable bonds is 7. The van der Waals surface area contributed by atoms with Gasteiger partial charge in [-0.3, -0.25) is 9.99 Å². The van der Waals surface area contributed by atoms with Gasteiger partial charge in [0.1, 0.15) is 6.07 Å². The topological polar surface area (TPSA) is 112 Å². The molecule has 4 N–H and O–H groups in total. The zero-order valence-corrected chi connectivity index (χ0v) is 23.7. The Bertz CT molecular complexity index is 1550. The van der Waals surface area contributed by atoms with E-state index in [4.69, 9.17) is 11.6 Å². The molecule has 0 amide bonds. The van der Waals surface area contributed by atoms with E-state index in [1.807, 2.05) is 37.3 Å². The molecule has 1 aromatic heterocycles. The lowest BCUT2D eigenvalue weighted by atomic mass is 9.95. The molecule has 0 bridgehead atoms. The zero-order valence-electron chi connectivity index (χ0n) is 22.9. The first-order valence-electron chi connectivity index (χ1n) is 13.1. The van der Waals surface area contributed by atoms with Gasteiger partial charge in [0.25, 0.3) is 0 Å². The highest BCUT2D eigenvalue weighted by Crippen LogP contribution is 2.42. The van der Waals surface area contributed by atoms with Gasteiger partial charge in [-0.15, -0.1) is 5.53 Å². The molecule has 39 heavy (non-hydrogen) atoms. The van der Waals surface area contributed by atoms with Crippen LogP contribution in [0.25, 0.3) is 10.9 Å². The number of anilines is 2. The second-order valence-corrected chi connectivity index (χ2v) is 12.2. The summed E-state index contributed by atoms with van der Waals surface area (Å²) in [6.45, 7) is 11.3. The van der Waals surface area contributed by atoms with Crippen LogP contribution < -0.4 is 21.6 Å². The predicted molar refractivity (Wildman–Crippen MR) is 156 cm³/mol. The van der Waals surface area contributed by atoms with Crippen molar-refractivity contribution in [2.75, 3.05) is 17.2 Å². The molecule has 0 unspecified atom stereocenters. The highest BCUT2D eigenvalue weighted by molar-refractivity contribution is 6.35. The van der Waals surface area contributed by atoms with Gasteiger partial charge in [-0.2, -0.15) is 10.5 Å². The molecule has 2 aliphatic rings. The smallest absolute Gasteiger partial charge is 0.103 e. The fourth-order valence-electron chi connectivity index (χ4n) is 4.74. The Morgan fingerprint density at radius 2 is 1.92 bits per heavy atom. The summed E-state index contributed by atoms with van der Waals surface area (Å²) in [4.78, 5) is 4.49. The third kappa shape index (κ3) is 5.31. The molecule has 1 aliphatic carbocycles. The molecule has 2 heterocycles. The summed E-state index contributed by atoms with van der Waals surface area (Å²) in [5.41, 5.74) is 12.8. The lowest BCUT2D eigenvalue weighted by molar-refractivity contribution is 0.190. The standard InChI is InChI=1S/C30H33ClN8/c1-18-19(13-32)7-6-8-22(18)28(25-16-39(38-37-25)30(5)9-10-30)36-21-11-23-26(35-17-29(2,3)4)20(14-33)15-34-27(23)24(31)12-21/h6-8,11-12,15-16,28,36-38H,9-10,17H2,1-5H3,(H,34,35)/t28-/m0/s1. The highest BCUT2D eigenvalue weighted by atomic mass is 35.5. The Labute approximate surface area is 234 Å². The summed E-state index contributed by atoms with van der Waals surface area (Å²) in [5, 5.41) is 30.0. The van der Waals surface area contributed by atoms with E-state index in [1.165, 1.54) is 0 Å². The fourth-order valence-corrected chi connectivity index (χ4v) is 5.00. The van der Waals surface area contributed by atoms with Crippen LogP contribution >= 0.6 is 11.6 Å². The van der Waals surface area contributed by atoms with Crippen LogP contribution in [0.5, 0.6) is 0 Å². The molecule has 5 rings (SSSR count).